The summed E-state index contributed by atoms with van der Waals surface area (Å²) in [4.78, 5) is 25.3. The van der Waals surface area contributed by atoms with Crippen LogP contribution in [0.1, 0.15) is 23.3 Å². The molecule has 0 spiro atoms. The van der Waals surface area contributed by atoms with E-state index in [9.17, 15) is 4.79 Å². The number of halogens is 1. The lowest BCUT2D eigenvalue weighted by molar-refractivity contribution is -0.0149. The Kier molecular flexibility index (Phi) is 4.52. The van der Waals surface area contributed by atoms with Crippen molar-refractivity contribution < 1.29 is 4.74 Å². The van der Waals surface area contributed by atoms with Crippen LogP contribution in [0, 0.1) is 6.92 Å². The molecule has 1 aliphatic rings. The van der Waals surface area contributed by atoms with E-state index in [1.165, 1.54) is 6.07 Å². The predicted molar refractivity (Wildman–Crippen MR) is 82.8 cm³/mol. The molecule has 22 heavy (non-hydrogen) atoms. The normalized spacial score (nSPS) is 19.3. The molecule has 0 aliphatic carbocycles. The van der Waals surface area contributed by atoms with Crippen molar-refractivity contribution in [2.45, 2.75) is 19.5 Å². The van der Waals surface area contributed by atoms with E-state index >= 15 is 0 Å². The van der Waals surface area contributed by atoms with Gasteiger partial charge in [0.1, 0.15) is 5.82 Å². The van der Waals surface area contributed by atoms with E-state index < -0.39 is 0 Å². The van der Waals surface area contributed by atoms with Crippen molar-refractivity contribution in [1.82, 2.24) is 19.9 Å². The molecule has 0 bridgehead atoms. The number of morpholine rings is 1. The molecule has 1 atom stereocenters. The van der Waals surface area contributed by atoms with Crippen LogP contribution in [-0.2, 0) is 11.3 Å². The maximum absolute atomic E-state index is 11.7. The van der Waals surface area contributed by atoms with Gasteiger partial charge in [-0.15, -0.1) is 0 Å². The molecule has 0 amide bonds. The molecule has 1 saturated heterocycles. The van der Waals surface area contributed by atoms with Gasteiger partial charge in [-0.25, -0.2) is 4.98 Å². The number of pyridine rings is 1. The van der Waals surface area contributed by atoms with E-state index in [4.69, 9.17) is 16.3 Å². The van der Waals surface area contributed by atoms with Crippen molar-refractivity contribution in [3.05, 3.63) is 57.0 Å². The largest absolute Gasteiger partial charge is 0.378 e. The fourth-order valence-electron chi connectivity index (χ4n) is 2.58. The van der Waals surface area contributed by atoms with Crippen LogP contribution in [0.3, 0.4) is 0 Å². The van der Waals surface area contributed by atoms with Crippen molar-refractivity contribution >= 4 is 11.6 Å². The van der Waals surface area contributed by atoms with Crippen molar-refractivity contribution in [2.24, 2.45) is 0 Å². The second-order valence-electron chi connectivity index (χ2n) is 5.28. The summed E-state index contributed by atoms with van der Waals surface area (Å²) < 4.78 is 5.57. The molecule has 1 aliphatic heterocycles. The summed E-state index contributed by atoms with van der Waals surface area (Å²) in [6, 6.07) is 5.22. The van der Waals surface area contributed by atoms with Crippen LogP contribution in [0.5, 0.6) is 0 Å². The highest BCUT2D eigenvalue weighted by atomic mass is 35.5. The SMILES string of the molecule is Cc1nc(C2COCCN2Cc2ccc(Cl)cn2)cc(=O)[nH]1. The summed E-state index contributed by atoms with van der Waals surface area (Å²) in [5.41, 5.74) is 1.52. The average Bonchev–Trinajstić information content (AvgIpc) is 2.49. The van der Waals surface area contributed by atoms with Gasteiger partial charge in [0, 0.05) is 25.4 Å². The first-order valence-corrected chi connectivity index (χ1v) is 7.50. The molecule has 0 aromatic carbocycles. The number of aromatic nitrogens is 3. The lowest BCUT2D eigenvalue weighted by Gasteiger charge is -2.34. The number of nitrogens with one attached hydrogen (secondary N) is 1. The number of ether oxygens (including phenoxy) is 1. The first-order chi connectivity index (χ1) is 10.6. The first kappa shape index (κ1) is 15.1. The van der Waals surface area contributed by atoms with E-state index in [1.54, 1.807) is 13.1 Å². The van der Waals surface area contributed by atoms with Crippen LogP contribution in [0.25, 0.3) is 0 Å². The Bertz CT molecular complexity index is 701. The number of aryl methyl sites for hydroxylation is 1. The highest BCUT2D eigenvalue weighted by Crippen LogP contribution is 2.23. The van der Waals surface area contributed by atoms with Gasteiger partial charge in [-0.2, -0.15) is 0 Å². The molecule has 7 heteroatoms. The second kappa shape index (κ2) is 6.56. The van der Waals surface area contributed by atoms with Crippen LogP contribution in [0.4, 0.5) is 0 Å². The highest BCUT2D eigenvalue weighted by molar-refractivity contribution is 6.30. The van der Waals surface area contributed by atoms with Gasteiger partial charge in [0.2, 0.25) is 0 Å². The zero-order chi connectivity index (χ0) is 15.5. The van der Waals surface area contributed by atoms with Crippen LogP contribution in [-0.4, -0.2) is 39.6 Å². The Hall–Kier alpha value is -1.76. The van der Waals surface area contributed by atoms with Gasteiger partial charge >= 0.3 is 0 Å². The third-order valence-corrected chi connectivity index (χ3v) is 3.84. The molecule has 3 rings (SSSR count). The van der Waals surface area contributed by atoms with Gasteiger partial charge in [-0.3, -0.25) is 14.7 Å². The van der Waals surface area contributed by atoms with Crippen molar-refractivity contribution in [1.29, 1.82) is 0 Å². The molecule has 2 aromatic rings. The third-order valence-electron chi connectivity index (χ3n) is 3.61. The number of aromatic amines is 1. The third kappa shape index (κ3) is 3.52. The molecule has 0 saturated carbocycles. The quantitative estimate of drug-likeness (QED) is 0.932. The van der Waals surface area contributed by atoms with Crippen LogP contribution >= 0.6 is 11.6 Å². The summed E-state index contributed by atoms with van der Waals surface area (Å²) in [5.74, 6) is 0.609. The van der Waals surface area contributed by atoms with Crippen molar-refractivity contribution in [3.63, 3.8) is 0 Å². The topological polar surface area (TPSA) is 71.1 Å². The van der Waals surface area contributed by atoms with Gasteiger partial charge in [-0.05, 0) is 19.1 Å². The first-order valence-electron chi connectivity index (χ1n) is 7.12. The average molecular weight is 321 g/mol. The van der Waals surface area contributed by atoms with Gasteiger partial charge in [0.15, 0.2) is 0 Å². The molecule has 2 aromatic heterocycles. The van der Waals surface area contributed by atoms with Crippen molar-refractivity contribution in [2.75, 3.05) is 19.8 Å². The van der Waals surface area contributed by atoms with E-state index in [0.29, 0.717) is 30.6 Å². The lowest BCUT2D eigenvalue weighted by Crippen LogP contribution is -2.40. The number of rotatable bonds is 3. The second-order valence-corrected chi connectivity index (χ2v) is 5.72. The Balaban J connectivity index is 1.84. The lowest BCUT2D eigenvalue weighted by atomic mass is 10.1. The van der Waals surface area contributed by atoms with Gasteiger partial charge < -0.3 is 9.72 Å². The monoisotopic (exact) mass is 320 g/mol. The highest BCUT2D eigenvalue weighted by Gasteiger charge is 2.26. The molecule has 1 fully saturated rings. The van der Waals surface area contributed by atoms with Crippen molar-refractivity contribution in [3.8, 4) is 0 Å². The molecule has 6 nitrogen and oxygen atoms in total. The summed E-state index contributed by atoms with van der Waals surface area (Å²) in [5, 5.41) is 0.620. The van der Waals surface area contributed by atoms with Gasteiger partial charge in [0.25, 0.3) is 5.56 Å². The summed E-state index contributed by atoms with van der Waals surface area (Å²) >= 11 is 5.87. The number of nitrogens with zero attached hydrogens (tertiary/aromatic N) is 3. The van der Waals surface area contributed by atoms with E-state index in [2.05, 4.69) is 19.9 Å². The maximum atomic E-state index is 11.7. The fraction of sp³-hybridized carbons (Fsp3) is 0.400. The minimum atomic E-state index is -0.141. The fourth-order valence-corrected chi connectivity index (χ4v) is 2.69. The number of hydrogen-bond donors (Lipinski definition) is 1. The molecule has 1 N–H and O–H groups in total. The Morgan fingerprint density at radius 1 is 1.50 bits per heavy atom. The predicted octanol–water partition coefficient (Wildman–Crippen LogP) is 1.70. The van der Waals surface area contributed by atoms with Crippen LogP contribution in [0.2, 0.25) is 5.02 Å². The van der Waals surface area contributed by atoms with Gasteiger partial charge in [0.05, 0.1) is 35.7 Å². The summed E-state index contributed by atoms with van der Waals surface area (Å²) in [6.07, 6.45) is 1.64. The Morgan fingerprint density at radius 2 is 2.36 bits per heavy atom. The number of H-pyrrole nitrogens is 1. The zero-order valence-electron chi connectivity index (χ0n) is 12.3. The molecular weight excluding hydrogens is 304 g/mol. The molecule has 0 radical (unpaired) electrons. The zero-order valence-corrected chi connectivity index (χ0v) is 13.0. The maximum Gasteiger partial charge on any atom is 0.251 e. The minimum Gasteiger partial charge on any atom is -0.378 e. The van der Waals surface area contributed by atoms with Crippen LogP contribution in [0.15, 0.2) is 29.2 Å². The Labute approximate surface area is 133 Å². The minimum absolute atomic E-state index is 0.0489. The molecule has 116 valence electrons. The number of hydrogen-bond acceptors (Lipinski definition) is 5. The summed E-state index contributed by atoms with van der Waals surface area (Å²) in [6.45, 7) is 4.39. The van der Waals surface area contributed by atoms with E-state index in [0.717, 1.165) is 17.9 Å². The summed E-state index contributed by atoms with van der Waals surface area (Å²) in [7, 11) is 0. The van der Waals surface area contributed by atoms with E-state index in [-0.39, 0.29) is 11.6 Å². The van der Waals surface area contributed by atoms with E-state index in [1.807, 2.05) is 12.1 Å². The molecular formula is C15H17ClN4O2. The smallest absolute Gasteiger partial charge is 0.251 e. The van der Waals surface area contributed by atoms with Gasteiger partial charge in [-0.1, -0.05) is 11.6 Å². The Morgan fingerprint density at radius 3 is 3.09 bits per heavy atom. The molecule has 1 unspecified atom stereocenters. The van der Waals surface area contributed by atoms with Crippen LogP contribution < -0.4 is 5.56 Å². The standard InChI is InChI=1S/C15H17ClN4O2/c1-10-18-13(6-15(21)19-10)14-9-22-5-4-20(14)8-12-3-2-11(16)7-17-12/h2-3,6-7,14H,4-5,8-9H2,1H3,(H,18,19,21). The molecule has 3 heterocycles.